The molecular weight excluding hydrogens is 142 g/mol. The van der Waals surface area contributed by atoms with Gasteiger partial charge in [0.25, 0.3) is 0 Å². The van der Waals surface area contributed by atoms with E-state index in [4.69, 9.17) is 16.9 Å². The van der Waals surface area contributed by atoms with Gasteiger partial charge in [-0.05, 0) is 24.6 Å². The van der Waals surface area contributed by atoms with Crippen LogP contribution in [0.2, 0.25) is 0 Å². The molecule has 0 N–H and O–H groups in total. The van der Waals surface area contributed by atoms with Gasteiger partial charge < -0.3 is 0 Å². The highest BCUT2D eigenvalue weighted by molar-refractivity contribution is 8.03. The summed E-state index contributed by atoms with van der Waals surface area (Å²) in [5, 5.41) is 10.0. The lowest BCUT2D eigenvalue weighted by Gasteiger charge is -1.87. The highest BCUT2D eigenvalue weighted by atomic mass is 35.5. The van der Waals surface area contributed by atoms with Crippen LogP contribution >= 0.6 is 23.4 Å². The molecule has 0 aromatic heterocycles. The van der Waals surface area contributed by atoms with E-state index in [9.17, 15) is 0 Å². The van der Waals surface area contributed by atoms with Crippen molar-refractivity contribution >= 4 is 23.4 Å². The zero-order valence-electron chi connectivity index (χ0n) is 4.56. The number of hydrogen-bond acceptors (Lipinski definition) is 2. The largest absolute Gasteiger partial charge is 0.185 e. The Morgan fingerprint density at radius 1 is 1.50 bits per heavy atom. The third-order valence-corrected chi connectivity index (χ3v) is 1.58. The number of unbranched alkanes of at least 4 members (excludes halogenated alkanes) is 1. The average Bonchev–Trinajstić information content (AvgIpc) is 1.81. The molecule has 46 valence electrons. The second-order valence-corrected chi connectivity index (χ2v) is 2.59. The molecule has 0 aromatic carbocycles. The SMILES string of the molecule is N#CSCCCCCl. The maximum Gasteiger partial charge on any atom is 0.133 e. The van der Waals surface area contributed by atoms with Crippen molar-refractivity contribution in [2.75, 3.05) is 11.6 Å². The normalized spacial score (nSPS) is 8.50. The number of thioether (sulfide) groups is 1. The lowest BCUT2D eigenvalue weighted by Crippen LogP contribution is -1.78. The quantitative estimate of drug-likeness (QED) is 0.348. The molecule has 0 fully saturated rings. The van der Waals surface area contributed by atoms with Gasteiger partial charge in [-0.1, -0.05) is 0 Å². The summed E-state index contributed by atoms with van der Waals surface area (Å²) >= 11 is 6.68. The van der Waals surface area contributed by atoms with Crippen LogP contribution in [0.4, 0.5) is 0 Å². The van der Waals surface area contributed by atoms with E-state index < -0.39 is 0 Å². The monoisotopic (exact) mass is 149 g/mol. The van der Waals surface area contributed by atoms with Gasteiger partial charge >= 0.3 is 0 Å². The van der Waals surface area contributed by atoms with E-state index in [1.807, 2.05) is 5.40 Å². The van der Waals surface area contributed by atoms with Crippen LogP contribution in [0.3, 0.4) is 0 Å². The minimum Gasteiger partial charge on any atom is -0.185 e. The van der Waals surface area contributed by atoms with E-state index in [-0.39, 0.29) is 0 Å². The Hall–Kier alpha value is 0.130. The van der Waals surface area contributed by atoms with E-state index >= 15 is 0 Å². The van der Waals surface area contributed by atoms with Crippen LogP contribution in [0, 0.1) is 10.7 Å². The summed E-state index contributed by atoms with van der Waals surface area (Å²) in [6.07, 6.45) is 2.08. The number of halogens is 1. The Labute approximate surface area is 59.0 Å². The summed E-state index contributed by atoms with van der Waals surface area (Å²) in [7, 11) is 0. The van der Waals surface area contributed by atoms with Crippen LogP contribution in [-0.4, -0.2) is 11.6 Å². The van der Waals surface area contributed by atoms with Crippen LogP contribution in [0.15, 0.2) is 0 Å². The molecule has 0 aliphatic rings. The van der Waals surface area contributed by atoms with Crippen LogP contribution in [0.1, 0.15) is 12.8 Å². The molecule has 0 bridgehead atoms. The van der Waals surface area contributed by atoms with Gasteiger partial charge in [-0.3, -0.25) is 0 Å². The molecule has 1 nitrogen and oxygen atoms in total. The van der Waals surface area contributed by atoms with Crippen LogP contribution in [0.25, 0.3) is 0 Å². The molecule has 0 unspecified atom stereocenters. The Kier molecular flexibility index (Phi) is 7.25. The zero-order chi connectivity index (χ0) is 6.24. The second-order valence-electron chi connectivity index (χ2n) is 1.34. The van der Waals surface area contributed by atoms with Gasteiger partial charge in [0.2, 0.25) is 0 Å². The first-order chi connectivity index (χ1) is 3.91. The molecule has 0 aliphatic heterocycles. The fourth-order valence-electron chi connectivity index (χ4n) is 0.314. The lowest BCUT2D eigenvalue weighted by atomic mass is 10.4. The molecule has 0 aromatic rings. The summed E-state index contributed by atoms with van der Waals surface area (Å²) in [5.74, 6) is 1.63. The topological polar surface area (TPSA) is 23.8 Å². The van der Waals surface area contributed by atoms with Crippen LogP contribution in [-0.2, 0) is 0 Å². The van der Waals surface area contributed by atoms with Gasteiger partial charge in [0.1, 0.15) is 5.40 Å². The van der Waals surface area contributed by atoms with Gasteiger partial charge in [0.15, 0.2) is 0 Å². The molecular formula is C5H8ClNS. The van der Waals surface area contributed by atoms with Crippen molar-refractivity contribution in [3.05, 3.63) is 0 Å². The smallest absolute Gasteiger partial charge is 0.133 e. The Morgan fingerprint density at radius 2 is 2.25 bits per heavy atom. The fourth-order valence-corrected chi connectivity index (χ4v) is 0.943. The van der Waals surface area contributed by atoms with Gasteiger partial charge in [0, 0.05) is 11.6 Å². The average molecular weight is 150 g/mol. The van der Waals surface area contributed by atoms with E-state index in [1.165, 1.54) is 11.8 Å². The number of nitriles is 1. The molecule has 0 heterocycles. The first kappa shape index (κ1) is 8.13. The van der Waals surface area contributed by atoms with Gasteiger partial charge in [-0.15, -0.1) is 11.6 Å². The molecule has 0 saturated heterocycles. The Bertz CT molecular complexity index is 79.0. The number of nitrogens with zero attached hydrogens (tertiary/aromatic N) is 1. The molecule has 0 spiro atoms. The maximum absolute atomic E-state index is 8.05. The van der Waals surface area contributed by atoms with E-state index in [0.29, 0.717) is 5.88 Å². The van der Waals surface area contributed by atoms with Crippen LogP contribution in [0.5, 0.6) is 0 Å². The highest BCUT2D eigenvalue weighted by Crippen LogP contribution is 2.01. The molecule has 3 heteroatoms. The van der Waals surface area contributed by atoms with Crippen molar-refractivity contribution in [3.63, 3.8) is 0 Å². The summed E-state index contributed by atoms with van der Waals surface area (Å²) in [6, 6.07) is 0. The van der Waals surface area contributed by atoms with E-state index in [0.717, 1.165) is 18.6 Å². The maximum atomic E-state index is 8.05. The summed E-state index contributed by atoms with van der Waals surface area (Å²) in [6.45, 7) is 0. The van der Waals surface area contributed by atoms with Crippen molar-refractivity contribution in [3.8, 4) is 5.40 Å². The molecule has 0 rings (SSSR count). The van der Waals surface area contributed by atoms with Crippen molar-refractivity contribution in [1.82, 2.24) is 0 Å². The van der Waals surface area contributed by atoms with Gasteiger partial charge in [-0.25, -0.2) is 0 Å². The summed E-state index contributed by atoms with van der Waals surface area (Å²) in [4.78, 5) is 0. The second kappa shape index (κ2) is 7.13. The molecule has 0 saturated carbocycles. The van der Waals surface area contributed by atoms with Crippen molar-refractivity contribution in [1.29, 1.82) is 5.26 Å². The lowest BCUT2D eigenvalue weighted by molar-refractivity contribution is 0.904. The standard InChI is InChI=1S/C5H8ClNS/c6-3-1-2-4-8-5-7/h1-4H2. The Balaban J connectivity index is 2.65. The highest BCUT2D eigenvalue weighted by Gasteiger charge is 1.84. The van der Waals surface area contributed by atoms with Gasteiger partial charge in [-0.2, -0.15) is 5.26 Å². The predicted octanol–water partition coefficient (Wildman–Crippen LogP) is 2.22. The zero-order valence-corrected chi connectivity index (χ0v) is 6.13. The molecule has 0 radical (unpaired) electrons. The third-order valence-electron chi connectivity index (χ3n) is 0.695. The number of alkyl halides is 1. The Morgan fingerprint density at radius 3 is 2.75 bits per heavy atom. The van der Waals surface area contributed by atoms with Crippen molar-refractivity contribution in [2.45, 2.75) is 12.8 Å². The van der Waals surface area contributed by atoms with E-state index in [1.54, 1.807) is 0 Å². The summed E-state index contributed by atoms with van der Waals surface area (Å²) in [5.41, 5.74) is 0. The minimum absolute atomic E-state index is 0.714. The summed E-state index contributed by atoms with van der Waals surface area (Å²) < 4.78 is 0. The molecule has 0 atom stereocenters. The predicted molar refractivity (Wildman–Crippen MR) is 38.0 cm³/mol. The van der Waals surface area contributed by atoms with E-state index in [2.05, 4.69) is 0 Å². The molecule has 0 aliphatic carbocycles. The fraction of sp³-hybridized carbons (Fsp3) is 0.800. The van der Waals surface area contributed by atoms with Crippen molar-refractivity contribution < 1.29 is 0 Å². The van der Waals surface area contributed by atoms with Crippen molar-refractivity contribution in [2.24, 2.45) is 0 Å². The molecule has 8 heavy (non-hydrogen) atoms. The number of hydrogen-bond donors (Lipinski definition) is 0. The van der Waals surface area contributed by atoms with Crippen LogP contribution < -0.4 is 0 Å². The number of thiocyanates is 1. The minimum atomic E-state index is 0.714. The first-order valence-corrected chi connectivity index (χ1v) is 4.00. The van der Waals surface area contributed by atoms with Gasteiger partial charge in [0.05, 0.1) is 0 Å². The third kappa shape index (κ3) is 6.13. The first-order valence-electron chi connectivity index (χ1n) is 2.48. The number of rotatable bonds is 4. The molecule has 0 amide bonds.